The topological polar surface area (TPSA) is 91.2 Å². The summed E-state index contributed by atoms with van der Waals surface area (Å²) in [5, 5.41) is 7.68. The van der Waals surface area contributed by atoms with Crippen molar-refractivity contribution in [2.75, 3.05) is 39.4 Å². The minimum atomic E-state index is -0.618. The van der Waals surface area contributed by atoms with E-state index in [1.54, 1.807) is 0 Å². The number of thiazole rings is 1. The number of fused-ring (bicyclic) bond motifs is 1. The average Bonchev–Trinajstić information content (AvgIpc) is 3.17. The van der Waals surface area contributed by atoms with Gasteiger partial charge < -0.3 is 15.0 Å². The number of amides is 1. The van der Waals surface area contributed by atoms with E-state index in [1.165, 1.54) is 11.3 Å². The number of hydrogen-bond donors (Lipinski definition) is 2. The number of aliphatic imine (C=N–C) groups is 2. The van der Waals surface area contributed by atoms with Crippen molar-refractivity contribution in [1.82, 2.24) is 20.5 Å². The van der Waals surface area contributed by atoms with E-state index in [2.05, 4.69) is 10.6 Å². The summed E-state index contributed by atoms with van der Waals surface area (Å²) >= 11 is 7.61. The van der Waals surface area contributed by atoms with E-state index in [0.717, 1.165) is 36.1 Å². The SMILES string of the molecule is O=C1NC(N2CCOCC2)=NC(=N[C@@H]2CCCNC2)C1c1nc2cc(Cl)ccc2s1. The summed E-state index contributed by atoms with van der Waals surface area (Å²) in [7, 11) is 0. The second-order valence-electron chi connectivity index (χ2n) is 7.61. The van der Waals surface area contributed by atoms with Crippen molar-refractivity contribution in [1.29, 1.82) is 0 Å². The van der Waals surface area contributed by atoms with Crippen molar-refractivity contribution in [2.24, 2.45) is 9.98 Å². The van der Waals surface area contributed by atoms with Gasteiger partial charge in [-0.3, -0.25) is 15.1 Å². The maximum atomic E-state index is 13.2. The third-order valence-electron chi connectivity index (χ3n) is 5.49. The number of carbonyl (C=O) groups is 1. The molecule has 2 atom stereocenters. The summed E-state index contributed by atoms with van der Waals surface area (Å²) in [5.74, 6) is 0.345. The lowest BCUT2D eigenvalue weighted by Crippen LogP contribution is -2.53. The predicted molar refractivity (Wildman–Crippen MR) is 119 cm³/mol. The molecule has 4 heterocycles. The molecule has 1 unspecified atom stereocenters. The van der Waals surface area contributed by atoms with Crippen molar-refractivity contribution in [3.8, 4) is 0 Å². The zero-order valence-corrected chi connectivity index (χ0v) is 18.0. The molecule has 10 heteroatoms. The Morgan fingerprint density at radius 1 is 1.30 bits per heavy atom. The van der Waals surface area contributed by atoms with Crippen molar-refractivity contribution in [3.05, 3.63) is 28.2 Å². The maximum absolute atomic E-state index is 13.2. The van der Waals surface area contributed by atoms with Gasteiger partial charge in [0.15, 0.2) is 0 Å². The van der Waals surface area contributed by atoms with Crippen LogP contribution in [0.1, 0.15) is 23.8 Å². The quantitative estimate of drug-likeness (QED) is 0.736. The van der Waals surface area contributed by atoms with Crippen LogP contribution in [0.25, 0.3) is 10.2 Å². The summed E-state index contributed by atoms with van der Waals surface area (Å²) in [5.41, 5.74) is 0.789. The van der Waals surface area contributed by atoms with Gasteiger partial charge in [0.2, 0.25) is 11.9 Å². The van der Waals surface area contributed by atoms with Crippen molar-refractivity contribution < 1.29 is 9.53 Å². The first-order valence-corrected chi connectivity index (χ1v) is 11.4. The molecule has 0 saturated carbocycles. The first-order valence-electron chi connectivity index (χ1n) is 10.2. The van der Waals surface area contributed by atoms with Crippen LogP contribution in [-0.4, -0.2) is 73.0 Å². The maximum Gasteiger partial charge on any atom is 0.244 e. The van der Waals surface area contributed by atoms with E-state index >= 15 is 0 Å². The van der Waals surface area contributed by atoms with E-state index < -0.39 is 5.92 Å². The summed E-state index contributed by atoms with van der Waals surface area (Å²) in [6, 6.07) is 5.70. The first kappa shape index (κ1) is 19.9. The van der Waals surface area contributed by atoms with Crippen molar-refractivity contribution in [3.63, 3.8) is 0 Å². The molecule has 5 rings (SSSR count). The van der Waals surface area contributed by atoms with E-state index in [9.17, 15) is 4.79 Å². The van der Waals surface area contributed by atoms with E-state index in [-0.39, 0.29) is 11.9 Å². The van der Waals surface area contributed by atoms with Crippen LogP contribution >= 0.6 is 22.9 Å². The first-order chi connectivity index (χ1) is 14.7. The standard InChI is InChI=1S/C20H23ClN6O2S/c21-12-3-4-15-14(10-12)24-19(30-15)16-17(23-13-2-1-5-22-11-13)25-20(26-18(16)28)27-6-8-29-9-7-27/h3-4,10,13,16,22H,1-2,5-9,11H2,(H,23,25,26,28)/t13-,16?/m1/s1. The van der Waals surface area contributed by atoms with Gasteiger partial charge in [0.25, 0.3) is 0 Å². The Kier molecular flexibility index (Phi) is 5.68. The van der Waals surface area contributed by atoms with Gasteiger partial charge in [0.1, 0.15) is 16.8 Å². The Bertz CT molecular complexity index is 1010. The van der Waals surface area contributed by atoms with Gasteiger partial charge in [-0.2, -0.15) is 4.99 Å². The summed E-state index contributed by atoms with van der Waals surface area (Å²) < 4.78 is 6.42. The third-order valence-corrected chi connectivity index (χ3v) is 6.82. The second-order valence-corrected chi connectivity index (χ2v) is 9.11. The highest BCUT2D eigenvalue weighted by molar-refractivity contribution is 7.18. The molecular formula is C20H23ClN6O2S. The molecule has 3 aliphatic rings. The minimum Gasteiger partial charge on any atom is -0.378 e. The van der Waals surface area contributed by atoms with Crippen LogP contribution < -0.4 is 10.6 Å². The van der Waals surface area contributed by atoms with Gasteiger partial charge in [-0.25, -0.2) is 4.98 Å². The lowest BCUT2D eigenvalue weighted by atomic mass is 10.0. The van der Waals surface area contributed by atoms with Crippen LogP contribution in [0.15, 0.2) is 28.2 Å². The number of amidine groups is 1. The highest BCUT2D eigenvalue weighted by Crippen LogP contribution is 2.32. The fraction of sp³-hybridized carbons (Fsp3) is 0.500. The lowest BCUT2D eigenvalue weighted by Gasteiger charge is -2.33. The number of rotatable bonds is 2. The molecule has 2 saturated heterocycles. The molecule has 158 valence electrons. The summed E-state index contributed by atoms with van der Waals surface area (Å²) in [6.45, 7) is 4.44. The number of ether oxygens (including phenoxy) is 1. The van der Waals surface area contributed by atoms with Gasteiger partial charge in [-0.15, -0.1) is 11.3 Å². The van der Waals surface area contributed by atoms with Crippen molar-refractivity contribution >= 4 is 50.9 Å². The average molecular weight is 447 g/mol. The van der Waals surface area contributed by atoms with Gasteiger partial charge >= 0.3 is 0 Å². The van der Waals surface area contributed by atoms with Crippen molar-refractivity contribution in [2.45, 2.75) is 24.8 Å². The number of carbonyl (C=O) groups excluding carboxylic acids is 1. The van der Waals surface area contributed by atoms with Gasteiger partial charge in [-0.05, 0) is 37.6 Å². The monoisotopic (exact) mass is 446 g/mol. The molecule has 0 bridgehead atoms. The van der Waals surface area contributed by atoms with E-state index in [0.29, 0.717) is 48.1 Å². The molecule has 2 fully saturated rings. The molecule has 1 amide bonds. The van der Waals surface area contributed by atoms with Crippen LogP contribution in [0.4, 0.5) is 0 Å². The molecule has 1 aromatic carbocycles. The smallest absolute Gasteiger partial charge is 0.244 e. The second kappa shape index (κ2) is 8.58. The Morgan fingerprint density at radius 3 is 2.97 bits per heavy atom. The number of halogens is 1. The van der Waals surface area contributed by atoms with Crippen LogP contribution in [-0.2, 0) is 9.53 Å². The molecule has 2 N–H and O–H groups in total. The number of morpholine rings is 1. The Balaban J connectivity index is 1.53. The Hall–Kier alpha value is -2.07. The predicted octanol–water partition coefficient (Wildman–Crippen LogP) is 2.00. The third kappa shape index (κ3) is 4.07. The molecule has 2 aromatic rings. The van der Waals surface area contributed by atoms with E-state index in [4.69, 9.17) is 31.3 Å². The number of benzene rings is 1. The molecule has 1 aromatic heterocycles. The number of guanidine groups is 1. The number of hydrogen-bond acceptors (Lipinski definition) is 7. The molecule has 0 spiro atoms. The summed E-state index contributed by atoms with van der Waals surface area (Å²) in [6.07, 6.45) is 2.06. The van der Waals surface area contributed by atoms with Gasteiger partial charge in [0.05, 0.1) is 29.5 Å². The van der Waals surface area contributed by atoms with E-state index in [1.807, 2.05) is 23.1 Å². The largest absolute Gasteiger partial charge is 0.378 e. The van der Waals surface area contributed by atoms with Gasteiger partial charge in [-0.1, -0.05) is 11.6 Å². The molecule has 30 heavy (non-hydrogen) atoms. The molecular weight excluding hydrogens is 424 g/mol. The van der Waals surface area contributed by atoms with Crippen LogP contribution in [0.3, 0.4) is 0 Å². The number of nitrogens with one attached hydrogen (secondary N) is 2. The minimum absolute atomic E-state index is 0.112. The number of piperidine rings is 1. The Morgan fingerprint density at radius 2 is 2.17 bits per heavy atom. The Labute approximate surface area is 183 Å². The van der Waals surface area contributed by atoms with Crippen LogP contribution in [0, 0.1) is 0 Å². The molecule has 8 nitrogen and oxygen atoms in total. The highest BCUT2D eigenvalue weighted by atomic mass is 35.5. The van der Waals surface area contributed by atoms with Crippen LogP contribution in [0.2, 0.25) is 5.02 Å². The molecule has 3 aliphatic heterocycles. The number of nitrogens with zero attached hydrogens (tertiary/aromatic N) is 4. The highest BCUT2D eigenvalue weighted by Gasteiger charge is 2.36. The van der Waals surface area contributed by atoms with Gasteiger partial charge in [0, 0.05) is 24.7 Å². The normalized spacial score (nSPS) is 26.7. The zero-order chi connectivity index (χ0) is 20.5. The zero-order valence-electron chi connectivity index (χ0n) is 16.4. The fourth-order valence-corrected chi connectivity index (χ4v) is 5.14. The number of aromatic nitrogens is 1. The van der Waals surface area contributed by atoms with Crippen LogP contribution in [0.5, 0.6) is 0 Å². The molecule has 0 radical (unpaired) electrons. The molecule has 0 aliphatic carbocycles. The lowest BCUT2D eigenvalue weighted by molar-refractivity contribution is -0.120. The fourth-order valence-electron chi connectivity index (χ4n) is 3.92. The summed E-state index contributed by atoms with van der Waals surface area (Å²) in [4.78, 5) is 29.7.